The monoisotopic (exact) mass is 206 g/mol. The Bertz CT molecular complexity index is 367. The maximum absolute atomic E-state index is 9.55. The molecule has 0 amide bonds. The minimum atomic E-state index is -0.409. The van der Waals surface area contributed by atoms with Gasteiger partial charge in [-0.1, -0.05) is 19.9 Å². The van der Waals surface area contributed by atoms with Gasteiger partial charge in [-0.15, -0.1) is 0 Å². The van der Waals surface area contributed by atoms with E-state index in [0.717, 1.165) is 24.3 Å². The van der Waals surface area contributed by atoms with Crippen LogP contribution in [0.5, 0.6) is 5.75 Å². The SMILES string of the molecule is C[C@@H](O)c1ccc2c(c1)C(C)(C)CCO2. The molecular weight excluding hydrogens is 188 g/mol. The molecule has 0 radical (unpaired) electrons. The minimum absolute atomic E-state index is 0.151. The van der Waals surface area contributed by atoms with Crippen molar-refractivity contribution in [3.63, 3.8) is 0 Å². The molecule has 2 rings (SSSR count). The van der Waals surface area contributed by atoms with Crippen LogP contribution in [0.25, 0.3) is 0 Å². The highest BCUT2D eigenvalue weighted by molar-refractivity contribution is 5.43. The molecule has 0 bridgehead atoms. The Morgan fingerprint density at radius 2 is 2.13 bits per heavy atom. The maximum Gasteiger partial charge on any atom is 0.123 e. The lowest BCUT2D eigenvalue weighted by molar-refractivity contribution is 0.197. The zero-order valence-corrected chi connectivity index (χ0v) is 9.58. The van der Waals surface area contributed by atoms with Crippen LogP contribution in [0.3, 0.4) is 0 Å². The van der Waals surface area contributed by atoms with E-state index in [1.807, 2.05) is 12.1 Å². The van der Waals surface area contributed by atoms with E-state index in [2.05, 4.69) is 19.9 Å². The first-order valence-electron chi connectivity index (χ1n) is 5.46. The highest BCUT2D eigenvalue weighted by Crippen LogP contribution is 2.39. The predicted octanol–water partition coefficient (Wildman–Crippen LogP) is 2.80. The third kappa shape index (κ3) is 1.86. The van der Waals surface area contributed by atoms with Crippen LogP contribution in [0.1, 0.15) is 44.4 Å². The van der Waals surface area contributed by atoms with E-state index in [1.54, 1.807) is 6.92 Å². The summed E-state index contributed by atoms with van der Waals surface area (Å²) in [6, 6.07) is 5.97. The van der Waals surface area contributed by atoms with Crippen molar-refractivity contribution in [3.05, 3.63) is 29.3 Å². The van der Waals surface area contributed by atoms with Crippen LogP contribution >= 0.6 is 0 Å². The van der Waals surface area contributed by atoms with E-state index in [4.69, 9.17) is 4.74 Å². The van der Waals surface area contributed by atoms with Crippen molar-refractivity contribution < 1.29 is 9.84 Å². The second-order valence-electron chi connectivity index (χ2n) is 4.91. The molecule has 2 heteroatoms. The van der Waals surface area contributed by atoms with E-state index >= 15 is 0 Å². The fraction of sp³-hybridized carbons (Fsp3) is 0.538. The number of aliphatic hydroxyl groups is 1. The predicted molar refractivity (Wildman–Crippen MR) is 60.2 cm³/mol. The quantitative estimate of drug-likeness (QED) is 0.765. The van der Waals surface area contributed by atoms with Crippen molar-refractivity contribution >= 4 is 0 Å². The Kier molecular flexibility index (Phi) is 2.47. The minimum Gasteiger partial charge on any atom is -0.493 e. The lowest BCUT2D eigenvalue weighted by Crippen LogP contribution is -2.26. The molecule has 15 heavy (non-hydrogen) atoms. The van der Waals surface area contributed by atoms with Crippen LogP contribution in [0.4, 0.5) is 0 Å². The number of hydrogen-bond donors (Lipinski definition) is 1. The van der Waals surface area contributed by atoms with Crippen molar-refractivity contribution in [1.29, 1.82) is 0 Å². The molecule has 2 nitrogen and oxygen atoms in total. The molecule has 1 atom stereocenters. The van der Waals surface area contributed by atoms with Gasteiger partial charge in [-0.05, 0) is 36.5 Å². The summed E-state index contributed by atoms with van der Waals surface area (Å²) in [6.07, 6.45) is 0.622. The second-order valence-corrected chi connectivity index (χ2v) is 4.91. The lowest BCUT2D eigenvalue weighted by Gasteiger charge is -2.33. The number of rotatable bonds is 1. The summed E-state index contributed by atoms with van der Waals surface area (Å²) in [5.41, 5.74) is 2.33. The van der Waals surface area contributed by atoms with Crippen molar-refractivity contribution in [3.8, 4) is 5.75 Å². The first-order valence-corrected chi connectivity index (χ1v) is 5.46. The molecule has 0 saturated carbocycles. The highest BCUT2D eigenvalue weighted by atomic mass is 16.5. The zero-order chi connectivity index (χ0) is 11.1. The highest BCUT2D eigenvalue weighted by Gasteiger charge is 2.28. The topological polar surface area (TPSA) is 29.5 Å². The van der Waals surface area contributed by atoms with Gasteiger partial charge in [0.05, 0.1) is 12.7 Å². The first kappa shape index (κ1) is 10.5. The van der Waals surface area contributed by atoms with E-state index < -0.39 is 6.10 Å². The molecule has 1 aromatic carbocycles. The average Bonchev–Trinajstić information content (AvgIpc) is 2.17. The molecule has 0 aromatic heterocycles. The van der Waals surface area contributed by atoms with Gasteiger partial charge in [-0.3, -0.25) is 0 Å². The largest absolute Gasteiger partial charge is 0.493 e. The lowest BCUT2D eigenvalue weighted by atomic mass is 9.79. The van der Waals surface area contributed by atoms with E-state index in [-0.39, 0.29) is 5.41 Å². The molecular formula is C13H18O2. The zero-order valence-electron chi connectivity index (χ0n) is 9.58. The number of ether oxygens (including phenoxy) is 1. The summed E-state index contributed by atoms with van der Waals surface area (Å²) in [5.74, 6) is 0.968. The molecule has 1 aromatic rings. The summed E-state index contributed by atoms with van der Waals surface area (Å²) < 4.78 is 5.61. The van der Waals surface area contributed by atoms with Gasteiger partial charge in [0, 0.05) is 5.56 Å². The summed E-state index contributed by atoms with van der Waals surface area (Å²) in [5, 5.41) is 9.55. The van der Waals surface area contributed by atoms with Gasteiger partial charge in [-0.2, -0.15) is 0 Å². The second kappa shape index (κ2) is 3.53. The van der Waals surface area contributed by atoms with Gasteiger partial charge in [-0.25, -0.2) is 0 Å². The van der Waals surface area contributed by atoms with Crippen LogP contribution in [0.2, 0.25) is 0 Å². The van der Waals surface area contributed by atoms with Crippen LogP contribution < -0.4 is 4.74 Å². The van der Waals surface area contributed by atoms with Crippen molar-refractivity contribution in [2.45, 2.75) is 38.7 Å². The number of aliphatic hydroxyl groups excluding tert-OH is 1. The molecule has 1 heterocycles. The smallest absolute Gasteiger partial charge is 0.123 e. The summed E-state index contributed by atoms with van der Waals surface area (Å²) in [4.78, 5) is 0. The molecule has 0 unspecified atom stereocenters. The molecule has 0 saturated heterocycles. The molecule has 1 aliphatic rings. The Labute approximate surface area is 90.9 Å². The Balaban J connectivity index is 2.49. The van der Waals surface area contributed by atoms with Gasteiger partial charge >= 0.3 is 0 Å². The fourth-order valence-corrected chi connectivity index (χ4v) is 2.01. The van der Waals surface area contributed by atoms with E-state index in [0.29, 0.717) is 0 Å². The van der Waals surface area contributed by atoms with Gasteiger partial charge in [0.25, 0.3) is 0 Å². The standard InChI is InChI=1S/C13H18O2/c1-9(14)10-4-5-12-11(8-10)13(2,3)6-7-15-12/h4-5,8-9,14H,6-7H2,1-3H3/t9-/m1/s1. The fourth-order valence-electron chi connectivity index (χ4n) is 2.01. The third-order valence-electron chi connectivity index (χ3n) is 3.20. The van der Waals surface area contributed by atoms with Crippen molar-refractivity contribution in [2.24, 2.45) is 0 Å². The molecule has 82 valence electrons. The van der Waals surface area contributed by atoms with Gasteiger partial charge in [0.1, 0.15) is 5.75 Å². The molecule has 1 aliphatic heterocycles. The third-order valence-corrected chi connectivity index (χ3v) is 3.20. The van der Waals surface area contributed by atoms with Gasteiger partial charge < -0.3 is 9.84 Å². The van der Waals surface area contributed by atoms with Gasteiger partial charge in [0.15, 0.2) is 0 Å². The average molecular weight is 206 g/mol. The Hall–Kier alpha value is -1.02. The van der Waals surface area contributed by atoms with Crippen LogP contribution in [0.15, 0.2) is 18.2 Å². The van der Waals surface area contributed by atoms with Crippen LogP contribution in [-0.4, -0.2) is 11.7 Å². The maximum atomic E-state index is 9.55. The Morgan fingerprint density at radius 3 is 2.80 bits per heavy atom. The van der Waals surface area contributed by atoms with Crippen molar-refractivity contribution in [1.82, 2.24) is 0 Å². The number of hydrogen-bond acceptors (Lipinski definition) is 2. The molecule has 1 N–H and O–H groups in total. The molecule has 0 fully saturated rings. The molecule has 0 spiro atoms. The summed E-state index contributed by atoms with van der Waals surface area (Å²) in [6.45, 7) is 7.02. The normalized spacial score (nSPS) is 20.3. The van der Waals surface area contributed by atoms with Crippen LogP contribution in [0, 0.1) is 0 Å². The van der Waals surface area contributed by atoms with Crippen molar-refractivity contribution in [2.75, 3.05) is 6.61 Å². The number of benzene rings is 1. The van der Waals surface area contributed by atoms with E-state index in [1.165, 1.54) is 5.56 Å². The summed E-state index contributed by atoms with van der Waals surface area (Å²) >= 11 is 0. The molecule has 0 aliphatic carbocycles. The Morgan fingerprint density at radius 1 is 1.40 bits per heavy atom. The first-order chi connectivity index (χ1) is 7.00. The van der Waals surface area contributed by atoms with E-state index in [9.17, 15) is 5.11 Å². The van der Waals surface area contributed by atoms with Gasteiger partial charge in [0.2, 0.25) is 0 Å². The van der Waals surface area contributed by atoms with Crippen LogP contribution in [-0.2, 0) is 5.41 Å². The number of fused-ring (bicyclic) bond motifs is 1. The summed E-state index contributed by atoms with van der Waals surface area (Å²) in [7, 11) is 0.